The fourth-order valence-corrected chi connectivity index (χ4v) is 3.74. The highest BCUT2D eigenvalue weighted by atomic mass is 32.2. The van der Waals surface area contributed by atoms with Gasteiger partial charge in [-0.25, -0.2) is 4.79 Å². The Hall–Kier alpha value is -0.460. The Bertz CT molecular complexity index is 369. The molecular weight excluding hydrogens is 298 g/mol. The van der Waals surface area contributed by atoms with Gasteiger partial charge in [0.25, 0.3) is 0 Å². The number of amides is 1. The van der Waals surface area contributed by atoms with Gasteiger partial charge < -0.3 is 15.8 Å². The van der Waals surface area contributed by atoms with Gasteiger partial charge in [0.2, 0.25) is 0 Å². The lowest BCUT2D eigenvalue weighted by molar-refractivity contribution is 0.0471. The van der Waals surface area contributed by atoms with E-state index in [9.17, 15) is 4.79 Å². The summed E-state index contributed by atoms with van der Waals surface area (Å²) in [6.07, 6.45) is 0.760. The molecule has 0 saturated carbocycles. The number of thioether (sulfide) groups is 1. The van der Waals surface area contributed by atoms with Gasteiger partial charge in [0.05, 0.1) is 0 Å². The second-order valence-electron chi connectivity index (χ2n) is 7.63. The molecule has 22 heavy (non-hydrogen) atoms. The molecule has 2 unspecified atom stereocenters. The minimum atomic E-state index is -0.481. The van der Waals surface area contributed by atoms with Crippen LogP contribution in [-0.4, -0.2) is 58.8 Å². The summed E-state index contributed by atoms with van der Waals surface area (Å²) in [4.78, 5) is 14.4. The van der Waals surface area contributed by atoms with E-state index in [0.29, 0.717) is 11.3 Å². The Morgan fingerprint density at radius 2 is 2.05 bits per heavy atom. The van der Waals surface area contributed by atoms with Crippen LogP contribution in [0.25, 0.3) is 0 Å². The summed E-state index contributed by atoms with van der Waals surface area (Å²) >= 11 is 2.01. The quantitative estimate of drug-likeness (QED) is 0.828. The van der Waals surface area contributed by atoms with Crippen LogP contribution >= 0.6 is 11.8 Å². The Labute approximate surface area is 139 Å². The molecule has 0 bridgehead atoms. The number of hydrogen-bond donors (Lipinski definition) is 2. The van der Waals surface area contributed by atoms with Crippen molar-refractivity contribution >= 4 is 17.9 Å². The molecule has 5 nitrogen and oxygen atoms in total. The van der Waals surface area contributed by atoms with Gasteiger partial charge in [0, 0.05) is 35.7 Å². The van der Waals surface area contributed by atoms with Crippen LogP contribution in [-0.2, 0) is 4.74 Å². The highest BCUT2D eigenvalue weighted by Crippen LogP contribution is 2.31. The summed E-state index contributed by atoms with van der Waals surface area (Å²) < 4.78 is 5.65. The van der Waals surface area contributed by atoms with Crippen molar-refractivity contribution in [1.29, 1.82) is 0 Å². The molecule has 130 valence electrons. The Balaban J connectivity index is 2.60. The first kappa shape index (κ1) is 19.6. The summed E-state index contributed by atoms with van der Waals surface area (Å²) in [6.45, 7) is 14.7. The van der Waals surface area contributed by atoms with Crippen LogP contribution in [0.5, 0.6) is 0 Å². The van der Waals surface area contributed by atoms with Crippen molar-refractivity contribution in [1.82, 2.24) is 10.2 Å². The first-order chi connectivity index (χ1) is 10.0. The lowest BCUT2D eigenvalue weighted by atomic mass is 10.1. The number of nitrogens with zero attached hydrogens (tertiary/aromatic N) is 1. The number of nitrogens with one attached hydrogen (secondary N) is 1. The Morgan fingerprint density at radius 1 is 1.41 bits per heavy atom. The van der Waals surface area contributed by atoms with Crippen LogP contribution in [0, 0.1) is 0 Å². The molecule has 0 spiro atoms. The molecule has 0 aromatic rings. The molecule has 0 radical (unpaired) electrons. The van der Waals surface area contributed by atoms with Gasteiger partial charge >= 0.3 is 6.09 Å². The van der Waals surface area contributed by atoms with Crippen LogP contribution < -0.4 is 11.1 Å². The average molecular weight is 332 g/mol. The van der Waals surface area contributed by atoms with Crippen molar-refractivity contribution in [3.63, 3.8) is 0 Å². The van der Waals surface area contributed by atoms with Crippen molar-refractivity contribution in [2.75, 3.05) is 25.4 Å². The van der Waals surface area contributed by atoms with Gasteiger partial charge in [-0.2, -0.15) is 11.8 Å². The summed E-state index contributed by atoms with van der Waals surface area (Å²) in [7, 11) is 0. The molecule has 1 heterocycles. The van der Waals surface area contributed by atoms with Crippen LogP contribution in [0.3, 0.4) is 0 Å². The molecule has 0 aromatic carbocycles. The van der Waals surface area contributed by atoms with Crippen LogP contribution in [0.2, 0.25) is 0 Å². The molecule has 0 aliphatic carbocycles. The summed E-state index contributed by atoms with van der Waals surface area (Å²) in [5.74, 6) is 1.10. The van der Waals surface area contributed by atoms with Gasteiger partial charge in [0.1, 0.15) is 5.60 Å². The molecule has 1 rings (SSSR count). The van der Waals surface area contributed by atoms with Crippen LogP contribution in [0.1, 0.15) is 48.0 Å². The van der Waals surface area contributed by atoms with E-state index < -0.39 is 5.60 Å². The van der Waals surface area contributed by atoms with Crippen molar-refractivity contribution in [3.05, 3.63) is 0 Å². The number of ether oxygens (including phenoxy) is 1. The van der Waals surface area contributed by atoms with E-state index in [1.807, 2.05) is 39.5 Å². The maximum absolute atomic E-state index is 11.9. The zero-order valence-electron chi connectivity index (χ0n) is 14.9. The molecule has 6 heteroatoms. The fourth-order valence-electron chi connectivity index (χ4n) is 2.63. The third-order valence-corrected chi connectivity index (χ3v) is 5.28. The normalized spacial score (nSPS) is 22.5. The van der Waals surface area contributed by atoms with E-state index in [1.165, 1.54) is 0 Å². The number of carbonyl (C=O) groups is 1. The fraction of sp³-hybridized carbons (Fsp3) is 0.938. The third-order valence-electron chi connectivity index (χ3n) is 3.90. The minimum Gasteiger partial charge on any atom is -0.444 e. The number of nitrogens with two attached hydrogens (primary N) is 1. The highest BCUT2D eigenvalue weighted by Gasteiger charge is 2.30. The zero-order valence-corrected chi connectivity index (χ0v) is 15.8. The predicted molar refractivity (Wildman–Crippen MR) is 94.4 cm³/mol. The lowest BCUT2D eigenvalue weighted by Gasteiger charge is -2.35. The Kier molecular flexibility index (Phi) is 7.02. The largest absolute Gasteiger partial charge is 0.444 e. The Morgan fingerprint density at radius 3 is 2.59 bits per heavy atom. The van der Waals surface area contributed by atoms with Crippen LogP contribution in [0.4, 0.5) is 4.79 Å². The number of carbonyl (C=O) groups excluding carboxylic acids is 1. The van der Waals surface area contributed by atoms with Gasteiger partial charge in [0.15, 0.2) is 0 Å². The smallest absolute Gasteiger partial charge is 0.407 e. The van der Waals surface area contributed by atoms with Gasteiger partial charge in [-0.3, -0.25) is 4.90 Å². The van der Waals surface area contributed by atoms with Crippen molar-refractivity contribution in [3.8, 4) is 0 Å². The summed E-state index contributed by atoms with van der Waals surface area (Å²) in [6, 6.07) is 0.105. The second kappa shape index (κ2) is 7.88. The lowest BCUT2D eigenvalue weighted by Crippen LogP contribution is -2.55. The summed E-state index contributed by atoms with van der Waals surface area (Å²) in [5.41, 5.74) is 5.50. The maximum atomic E-state index is 11.9. The summed E-state index contributed by atoms with van der Waals surface area (Å²) in [5, 5.41) is 2.94. The highest BCUT2D eigenvalue weighted by molar-refractivity contribution is 8.00. The average Bonchev–Trinajstić information content (AvgIpc) is 2.49. The van der Waals surface area contributed by atoms with E-state index in [1.54, 1.807) is 0 Å². The molecule has 3 N–H and O–H groups in total. The van der Waals surface area contributed by atoms with E-state index in [-0.39, 0.29) is 18.2 Å². The molecule has 0 aromatic heterocycles. The molecule has 1 amide bonds. The number of alkyl carbamates (subject to hydrolysis) is 1. The number of hydrogen-bond acceptors (Lipinski definition) is 5. The zero-order chi connectivity index (χ0) is 17.0. The monoisotopic (exact) mass is 331 g/mol. The van der Waals surface area contributed by atoms with Gasteiger partial charge in [-0.05, 0) is 40.7 Å². The van der Waals surface area contributed by atoms with Gasteiger partial charge in [-0.15, -0.1) is 0 Å². The molecular formula is C16H33N3O2S. The van der Waals surface area contributed by atoms with Crippen LogP contribution in [0.15, 0.2) is 0 Å². The molecule has 1 aliphatic heterocycles. The molecule has 1 aliphatic rings. The van der Waals surface area contributed by atoms with E-state index in [2.05, 4.69) is 24.1 Å². The van der Waals surface area contributed by atoms with E-state index in [0.717, 1.165) is 25.3 Å². The molecule has 1 fully saturated rings. The minimum absolute atomic E-state index is 0.0361. The van der Waals surface area contributed by atoms with Crippen molar-refractivity contribution < 1.29 is 9.53 Å². The topological polar surface area (TPSA) is 67.6 Å². The maximum Gasteiger partial charge on any atom is 0.407 e. The number of rotatable bonds is 4. The first-order valence-electron chi connectivity index (χ1n) is 8.12. The van der Waals surface area contributed by atoms with Gasteiger partial charge in [-0.1, -0.05) is 13.8 Å². The predicted octanol–water partition coefficient (Wildman–Crippen LogP) is 2.44. The molecule has 2 atom stereocenters. The second-order valence-corrected chi connectivity index (χ2v) is 9.43. The standard InChI is InChI=1S/C16H33N3O2S/c1-12(18-14(20)21-15(2,3)4)13(11-17)19-8-7-16(5,6)22-10-9-19/h12-13H,7-11,17H2,1-6H3,(H,18,20). The molecule has 1 saturated heterocycles. The van der Waals surface area contributed by atoms with Crippen molar-refractivity contribution in [2.24, 2.45) is 5.73 Å². The third kappa shape index (κ3) is 6.75. The van der Waals surface area contributed by atoms with E-state index in [4.69, 9.17) is 10.5 Å². The first-order valence-corrected chi connectivity index (χ1v) is 9.10. The van der Waals surface area contributed by atoms with E-state index >= 15 is 0 Å². The SMILES string of the molecule is CC(NC(=O)OC(C)(C)C)C(CN)N1CCSC(C)(C)CC1. The van der Waals surface area contributed by atoms with Crippen molar-refractivity contribution in [2.45, 2.75) is 70.4 Å².